The predicted molar refractivity (Wildman–Crippen MR) is 127 cm³/mol. The van der Waals surface area contributed by atoms with Crippen LogP contribution in [-0.2, 0) is 12.0 Å². The van der Waals surface area contributed by atoms with Crippen LogP contribution in [0.3, 0.4) is 0 Å². The zero-order valence-corrected chi connectivity index (χ0v) is 19.8. The van der Waals surface area contributed by atoms with Crippen LogP contribution in [0.1, 0.15) is 57.6 Å². The average Bonchev–Trinajstić information content (AvgIpc) is 2.97. The lowest BCUT2D eigenvalue weighted by Crippen LogP contribution is -2.53. The molecule has 1 atom stereocenters. The molecule has 4 heteroatoms. The fourth-order valence-corrected chi connectivity index (χ4v) is 4.77. The van der Waals surface area contributed by atoms with Crippen molar-refractivity contribution in [3.05, 3.63) is 59.7 Å². The van der Waals surface area contributed by atoms with Gasteiger partial charge in [0.05, 0.1) is 20.2 Å². The third kappa shape index (κ3) is 6.72. The van der Waals surface area contributed by atoms with Crippen molar-refractivity contribution < 1.29 is 19.1 Å². The predicted octanol–water partition coefficient (Wildman–Crippen LogP) is 5.32. The number of aliphatic hydroxyl groups excluding tert-OH is 1. The van der Waals surface area contributed by atoms with Crippen LogP contribution in [0.4, 0.5) is 0 Å². The molecule has 0 aromatic heterocycles. The number of benzene rings is 2. The molecule has 2 aromatic carbocycles. The molecule has 2 aromatic rings. The molecule has 0 spiro atoms. The van der Waals surface area contributed by atoms with Gasteiger partial charge in [-0.2, -0.15) is 0 Å². The second kappa shape index (κ2) is 10.5. The van der Waals surface area contributed by atoms with Crippen LogP contribution in [-0.4, -0.2) is 49.0 Å². The molecule has 1 fully saturated rings. The summed E-state index contributed by atoms with van der Waals surface area (Å²) >= 11 is 0. The Morgan fingerprint density at radius 2 is 1.65 bits per heavy atom. The van der Waals surface area contributed by atoms with Crippen molar-refractivity contribution in [2.75, 3.05) is 33.4 Å². The Balaban J connectivity index is 1.71. The van der Waals surface area contributed by atoms with Crippen LogP contribution < -0.4 is 9.47 Å². The minimum Gasteiger partial charge on any atom is -0.497 e. The maximum Gasteiger partial charge on any atom is 0.137 e. The van der Waals surface area contributed by atoms with E-state index in [4.69, 9.17) is 9.47 Å². The van der Waals surface area contributed by atoms with Gasteiger partial charge in [0.25, 0.3) is 0 Å². The zero-order valence-electron chi connectivity index (χ0n) is 19.8. The van der Waals surface area contributed by atoms with Gasteiger partial charge in [-0.25, -0.2) is 0 Å². The highest BCUT2D eigenvalue weighted by molar-refractivity contribution is 5.44. The van der Waals surface area contributed by atoms with Gasteiger partial charge >= 0.3 is 0 Å². The van der Waals surface area contributed by atoms with Crippen LogP contribution >= 0.6 is 0 Å². The molecule has 3 rings (SSSR count). The maximum absolute atomic E-state index is 11.0. The van der Waals surface area contributed by atoms with E-state index >= 15 is 0 Å². The molecule has 1 heterocycles. The summed E-state index contributed by atoms with van der Waals surface area (Å²) in [6.45, 7) is 10.8. The summed E-state index contributed by atoms with van der Waals surface area (Å²) < 4.78 is 12.5. The Labute approximate surface area is 188 Å². The minimum atomic E-state index is -0.503. The van der Waals surface area contributed by atoms with Crippen LogP contribution in [0.25, 0.3) is 0 Å². The Hall–Kier alpha value is -2.04. The minimum absolute atomic E-state index is 0.0687. The first-order valence-electron chi connectivity index (χ1n) is 11.7. The van der Waals surface area contributed by atoms with Gasteiger partial charge in [0, 0.05) is 11.1 Å². The molecule has 0 radical (unpaired) electrons. The average molecular weight is 427 g/mol. The first-order valence-corrected chi connectivity index (χ1v) is 11.7. The molecular formula is C27H40NO3+. The van der Waals surface area contributed by atoms with Crippen LogP contribution in [0.15, 0.2) is 48.5 Å². The topological polar surface area (TPSA) is 38.7 Å². The third-order valence-corrected chi connectivity index (χ3v) is 6.40. The van der Waals surface area contributed by atoms with E-state index in [1.165, 1.54) is 31.2 Å². The fraction of sp³-hybridized carbons (Fsp3) is 0.556. The standard InChI is InChI=1S/C27H40NO3/c1-27(2,3)25-18-24(30-4)14-15-26(25)31-21-23(29)20-28(16-10-5-6-11-17-28)19-22-12-8-7-9-13-22/h7-9,12-15,18,23,29H,5-6,10-11,16-17,19-21H2,1-4H3/q+1/t23-/m0/s1. The highest BCUT2D eigenvalue weighted by Crippen LogP contribution is 2.34. The van der Waals surface area contributed by atoms with E-state index in [2.05, 4.69) is 51.1 Å². The second-order valence-electron chi connectivity index (χ2n) is 10.1. The molecule has 170 valence electrons. The van der Waals surface area contributed by atoms with E-state index in [1.54, 1.807) is 7.11 Å². The van der Waals surface area contributed by atoms with E-state index in [9.17, 15) is 5.11 Å². The van der Waals surface area contributed by atoms with Crippen molar-refractivity contribution in [1.82, 2.24) is 0 Å². The Morgan fingerprint density at radius 1 is 0.968 bits per heavy atom. The van der Waals surface area contributed by atoms with E-state index in [-0.39, 0.29) is 5.41 Å². The van der Waals surface area contributed by atoms with Crippen molar-refractivity contribution >= 4 is 0 Å². The smallest absolute Gasteiger partial charge is 0.137 e. The largest absolute Gasteiger partial charge is 0.497 e. The Kier molecular flexibility index (Phi) is 8.01. The number of hydrogen-bond acceptors (Lipinski definition) is 3. The number of nitrogens with zero attached hydrogens (tertiary/aromatic N) is 1. The molecule has 1 saturated heterocycles. The van der Waals surface area contributed by atoms with Gasteiger partial charge in [-0.05, 0) is 49.3 Å². The number of ether oxygens (including phenoxy) is 2. The number of quaternary nitrogens is 1. The van der Waals surface area contributed by atoms with E-state index in [0.717, 1.165) is 47.7 Å². The van der Waals surface area contributed by atoms with Crippen LogP contribution in [0, 0.1) is 0 Å². The van der Waals surface area contributed by atoms with Gasteiger partial charge in [-0.3, -0.25) is 0 Å². The summed E-state index contributed by atoms with van der Waals surface area (Å²) in [5, 5.41) is 11.0. The Morgan fingerprint density at radius 3 is 2.26 bits per heavy atom. The molecule has 0 unspecified atom stereocenters. The molecule has 31 heavy (non-hydrogen) atoms. The van der Waals surface area contributed by atoms with Gasteiger partial charge in [0.1, 0.15) is 37.3 Å². The molecular weight excluding hydrogens is 386 g/mol. The quantitative estimate of drug-likeness (QED) is 0.580. The van der Waals surface area contributed by atoms with Gasteiger partial charge < -0.3 is 19.1 Å². The van der Waals surface area contributed by atoms with Crippen molar-refractivity contribution in [3.63, 3.8) is 0 Å². The van der Waals surface area contributed by atoms with E-state index in [0.29, 0.717) is 6.61 Å². The van der Waals surface area contributed by atoms with Crippen LogP contribution in [0.5, 0.6) is 11.5 Å². The number of aliphatic hydroxyl groups is 1. The van der Waals surface area contributed by atoms with Crippen LogP contribution in [0.2, 0.25) is 0 Å². The normalized spacial score (nSPS) is 17.6. The van der Waals surface area contributed by atoms with Gasteiger partial charge in [-0.15, -0.1) is 0 Å². The highest BCUT2D eigenvalue weighted by atomic mass is 16.5. The summed E-state index contributed by atoms with van der Waals surface area (Å²) in [6, 6.07) is 16.6. The summed E-state index contributed by atoms with van der Waals surface area (Å²) in [7, 11) is 1.68. The second-order valence-corrected chi connectivity index (χ2v) is 10.1. The molecule has 1 N–H and O–H groups in total. The molecule has 0 saturated carbocycles. The molecule has 4 nitrogen and oxygen atoms in total. The molecule has 1 aliphatic heterocycles. The van der Waals surface area contributed by atoms with Gasteiger partial charge in [0.15, 0.2) is 0 Å². The number of rotatable bonds is 8. The summed E-state index contributed by atoms with van der Waals surface area (Å²) in [6.07, 6.45) is 4.54. The van der Waals surface area contributed by atoms with Crippen molar-refractivity contribution in [3.8, 4) is 11.5 Å². The fourth-order valence-electron chi connectivity index (χ4n) is 4.77. The SMILES string of the molecule is COc1ccc(OC[C@@H](O)C[N+]2(Cc3ccccc3)CCCCCC2)c(C(C)(C)C)c1. The van der Waals surface area contributed by atoms with Crippen molar-refractivity contribution in [1.29, 1.82) is 0 Å². The summed E-state index contributed by atoms with van der Waals surface area (Å²) in [5.74, 6) is 1.66. The number of hydrogen-bond donors (Lipinski definition) is 1. The Bertz CT molecular complexity index is 805. The number of methoxy groups -OCH3 is 1. The van der Waals surface area contributed by atoms with E-state index < -0.39 is 6.10 Å². The van der Waals surface area contributed by atoms with Gasteiger partial charge in [0.2, 0.25) is 0 Å². The lowest BCUT2D eigenvalue weighted by atomic mass is 9.86. The third-order valence-electron chi connectivity index (χ3n) is 6.40. The van der Waals surface area contributed by atoms with Crippen molar-refractivity contribution in [2.24, 2.45) is 0 Å². The monoisotopic (exact) mass is 426 g/mol. The zero-order chi connectivity index (χ0) is 22.3. The van der Waals surface area contributed by atoms with E-state index in [1.807, 2.05) is 18.2 Å². The molecule has 1 aliphatic rings. The van der Waals surface area contributed by atoms with Gasteiger partial charge in [-0.1, -0.05) is 51.1 Å². The van der Waals surface area contributed by atoms with Crippen molar-refractivity contribution in [2.45, 2.75) is 64.5 Å². The maximum atomic E-state index is 11.0. The molecule has 0 amide bonds. The first-order chi connectivity index (χ1) is 14.8. The first kappa shape index (κ1) is 23.6. The lowest BCUT2D eigenvalue weighted by Gasteiger charge is -2.39. The lowest BCUT2D eigenvalue weighted by molar-refractivity contribution is -0.942. The highest BCUT2D eigenvalue weighted by Gasteiger charge is 2.32. The summed E-state index contributed by atoms with van der Waals surface area (Å²) in [5.41, 5.74) is 2.38. The summed E-state index contributed by atoms with van der Waals surface area (Å²) in [4.78, 5) is 0. The number of likely N-dealkylation sites (tertiary alicyclic amines) is 1. The molecule has 0 aliphatic carbocycles. The molecule has 0 bridgehead atoms.